The number of hydrogen-bond donors (Lipinski definition) is 2. The quantitative estimate of drug-likeness (QED) is 0.783. The predicted molar refractivity (Wildman–Crippen MR) is 95.9 cm³/mol. The van der Waals surface area contributed by atoms with Gasteiger partial charge in [0.1, 0.15) is 5.75 Å². The number of carbonyl (C=O) groups excluding carboxylic acids is 1. The van der Waals surface area contributed by atoms with Gasteiger partial charge in [0.25, 0.3) is 5.91 Å². The van der Waals surface area contributed by atoms with E-state index in [0.717, 1.165) is 11.1 Å². The van der Waals surface area contributed by atoms with Crippen LogP contribution in [0.5, 0.6) is 5.75 Å². The Kier molecular flexibility index (Phi) is 6.17. The molecule has 3 N–H and O–H groups in total. The van der Waals surface area contributed by atoms with Crippen molar-refractivity contribution in [2.45, 2.75) is 25.2 Å². The Labute approximate surface area is 148 Å². The Morgan fingerprint density at radius 3 is 2.36 bits per heavy atom. The van der Waals surface area contributed by atoms with Gasteiger partial charge >= 0.3 is 0 Å². The van der Waals surface area contributed by atoms with Crippen molar-refractivity contribution in [3.8, 4) is 5.75 Å². The number of benzene rings is 2. The Bertz CT molecular complexity index is 846. The van der Waals surface area contributed by atoms with Gasteiger partial charge in [-0.05, 0) is 61.2 Å². The second-order valence-corrected chi connectivity index (χ2v) is 7.39. The largest absolute Gasteiger partial charge is 0.484 e. The molecule has 25 heavy (non-hydrogen) atoms. The van der Waals surface area contributed by atoms with E-state index in [1.165, 1.54) is 17.7 Å². The summed E-state index contributed by atoms with van der Waals surface area (Å²) < 4.78 is 27.8. The van der Waals surface area contributed by atoms with E-state index < -0.39 is 10.0 Å². The van der Waals surface area contributed by atoms with Gasteiger partial charge in [0.05, 0.1) is 4.90 Å². The van der Waals surface area contributed by atoms with Crippen LogP contribution in [0.1, 0.15) is 16.7 Å². The monoisotopic (exact) mass is 362 g/mol. The number of aryl methyl sites for hydroxylation is 2. The van der Waals surface area contributed by atoms with Gasteiger partial charge < -0.3 is 10.1 Å². The summed E-state index contributed by atoms with van der Waals surface area (Å²) in [6.07, 6.45) is 0.584. The van der Waals surface area contributed by atoms with Crippen LogP contribution in [0.2, 0.25) is 0 Å². The molecule has 0 aliphatic heterocycles. The second-order valence-electron chi connectivity index (χ2n) is 5.82. The third-order valence-electron chi connectivity index (χ3n) is 3.84. The number of nitrogens with one attached hydrogen (secondary N) is 1. The maximum absolute atomic E-state index is 11.8. The van der Waals surface area contributed by atoms with Gasteiger partial charge in [0.15, 0.2) is 6.61 Å². The Morgan fingerprint density at radius 1 is 1.08 bits per heavy atom. The minimum absolute atomic E-state index is 0.0488. The lowest BCUT2D eigenvalue weighted by Gasteiger charge is -2.09. The number of nitrogens with two attached hydrogens (primary N) is 1. The van der Waals surface area contributed by atoms with E-state index in [2.05, 4.69) is 5.32 Å². The minimum Gasteiger partial charge on any atom is -0.484 e. The molecule has 0 heterocycles. The first-order valence-corrected chi connectivity index (χ1v) is 9.39. The summed E-state index contributed by atoms with van der Waals surface area (Å²) in [7, 11) is -3.68. The van der Waals surface area contributed by atoms with E-state index in [4.69, 9.17) is 9.88 Å². The molecule has 1 amide bonds. The number of sulfonamides is 1. The molecule has 0 saturated carbocycles. The highest BCUT2D eigenvalue weighted by atomic mass is 32.2. The fraction of sp³-hybridized carbons (Fsp3) is 0.278. The predicted octanol–water partition coefficient (Wildman–Crippen LogP) is 1.69. The molecule has 0 saturated heterocycles. The van der Waals surface area contributed by atoms with Gasteiger partial charge in [0.2, 0.25) is 10.0 Å². The van der Waals surface area contributed by atoms with E-state index in [1.807, 2.05) is 32.0 Å². The average molecular weight is 362 g/mol. The molecule has 0 fully saturated rings. The van der Waals surface area contributed by atoms with Crippen molar-refractivity contribution in [1.82, 2.24) is 5.32 Å². The van der Waals surface area contributed by atoms with Crippen LogP contribution in [0, 0.1) is 13.8 Å². The molecular formula is C18H22N2O4S. The molecule has 134 valence electrons. The molecule has 2 rings (SSSR count). The first kappa shape index (κ1) is 19.0. The highest BCUT2D eigenvalue weighted by molar-refractivity contribution is 7.89. The summed E-state index contributed by atoms with van der Waals surface area (Å²) in [6, 6.07) is 12.0. The van der Waals surface area contributed by atoms with Gasteiger partial charge in [-0.1, -0.05) is 18.2 Å². The van der Waals surface area contributed by atoms with Crippen molar-refractivity contribution in [2.24, 2.45) is 5.14 Å². The molecule has 0 radical (unpaired) electrons. The number of ether oxygens (including phenoxy) is 1. The van der Waals surface area contributed by atoms with Crippen molar-refractivity contribution in [1.29, 1.82) is 0 Å². The number of rotatable bonds is 7. The number of primary sulfonamides is 1. The van der Waals surface area contributed by atoms with E-state index in [0.29, 0.717) is 18.7 Å². The van der Waals surface area contributed by atoms with Gasteiger partial charge in [-0.25, -0.2) is 13.6 Å². The maximum atomic E-state index is 11.8. The molecule has 0 aliphatic carbocycles. The third kappa shape index (κ3) is 5.88. The van der Waals surface area contributed by atoms with Crippen LogP contribution in [-0.2, 0) is 21.2 Å². The molecule has 0 unspecified atom stereocenters. The lowest BCUT2D eigenvalue weighted by molar-refractivity contribution is -0.123. The van der Waals surface area contributed by atoms with E-state index in [9.17, 15) is 13.2 Å². The van der Waals surface area contributed by atoms with Crippen molar-refractivity contribution < 1.29 is 17.9 Å². The van der Waals surface area contributed by atoms with Crippen LogP contribution in [0.3, 0.4) is 0 Å². The normalized spacial score (nSPS) is 11.2. The second kappa shape index (κ2) is 8.13. The first-order valence-electron chi connectivity index (χ1n) is 7.84. The maximum Gasteiger partial charge on any atom is 0.257 e. The van der Waals surface area contributed by atoms with Gasteiger partial charge in [0, 0.05) is 6.54 Å². The molecule has 0 spiro atoms. The summed E-state index contributed by atoms with van der Waals surface area (Å²) in [4.78, 5) is 11.9. The zero-order chi connectivity index (χ0) is 18.4. The summed E-state index contributed by atoms with van der Waals surface area (Å²) in [5.41, 5.74) is 3.19. The SMILES string of the molecule is Cc1ccc(OCC(=O)NCCc2ccc(S(N)(=O)=O)cc2)cc1C. The fourth-order valence-corrected chi connectivity index (χ4v) is 2.71. The van der Waals surface area contributed by atoms with Crippen LogP contribution >= 0.6 is 0 Å². The lowest BCUT2D eigenvalue weighted by Crippen LogP contribution is -2.30. The summed E-state index contributed by atoms with van der Waals surface area (Å²) >= 11 is 0. The number of amides is 1. The standard InChI is InChI=1S/C18H22N2O4S/c1-13-3-6-16(11-14(13)2)24-12-18(21)20-10-9-15-4-7-17(8-5-15)25(19,22)23/h3-8,11H,9-10,12H2,1-2H3,(H,20,21)(H2,19,22,23). The molecule has 0 atom stereocenters. The van der Waals surface area contributed by atoms with Crippen molar-refractivity contribution in [3.05, 3.63) is 59.2 Å². The molecule has 7 heteroatoms. The van der Waals surface area contributed by atoms with Crippen LogP contribution in [-0.4, -0.2) is 27.5 Å². The Hall–Kier alpha value is -2.38. The van der Waals surface area contributed by atoms with Crippen LogP contribution < -0.4 is 15.2 Å². The third-order valence-corrected chi connectivity index (χ3v) is 4.77. The lowest BCUT2D eigenvalue weighted by atomic mass is 10.1. The fourth-order valence-electron chi connectivity index (χ4n) is 2.20. The number of hydrogen-bond acceptors (Lipinski definition) is 4. The van der Waals surface area contributed by atoms with E-state index in [1.54, 1.807) is 12.1 Å². The van der Waals surface area contributed by atoms with Crippen LogP contribution in [0.4, 0.5) is 0 Å². The van der Waals surface area contributed by atoms with Crippen molar-refractivity contribution >= 4 is 15.9 Å². The topological polar surface area (TPSA) is 98.5 Å². The summed E-state index contributed by atoms with van der Waals surface area (Å²) in [5, 5.41) is 7.81. The molecule has 2 aromatic rings. The highest BCUT2D eigenvalue weighted by Crippen LogP contribution is 2.16. The van der Waals surface area contributed by atoms with Crippen molar-refractivity contribution in [2.75, 3.05) is 13.2 Å². The minimum atomic E-state index is -3.68. The molecule has 0 aromatic heterocycles. The molecule has 6 nitrogen and oxygen atoms in total. The summed E-state index contributed by atoms with van der Waals surface area (Å²) in [6.45, 7) is 4.39. The van der Waals surface area contributed by atoms with Gasteiger partial charge in [-0.2, -0.15) is 0 Å². The molecule has 0 aliphatic rings. The smallest absolute Gasteiger partial charge is 0.257 e. The van der Waals surface area contributed by atoms with Crippen LogP contribution in [0.15, 0.2) is 47.4 Å². The van der Waals surface area contributed by atoms with Gasteiger partial charge in [-0.3, -0.25) is 4.79 Å². The molecular weight excluding hydrogens is 340 g/mol. The number of carbonyl (C=O) groups is 1. The highest BCUT2D eigenvalue weighted by Gasteiger charge is 2.07. The van der Waals surface area contributed by atoms with E-state index in [-0.39, 0.29) is 17.4 Å². The molecule has 0 bridgehead atoms. The van der Waals surface area contributed by atoms with E-state index >= 15 is 0 Å². The van der Waals surface area contributed by atoms with Crippen LogP contribution in [0.25, 0.3) is 0 Å². The Morgan fingerprint density at radius 2 is 1.76 bits per heavy atom. The molecule has 2 aromatic carbocycles. The zero-order valence-corrected chi connectivity index (χ0v) is 15.1. The zero-order valence-electron chi connectivity index (χ0n) is 14.3. The van der Waals surface area contributed by atoms with Gasteiger partial charge in [-0.15, -0.1) is 0 Å². The summed E-state index contributed by atoms with van der Waals surface area (Å²) in [5.74, 6) is 0.455. The van der Waals surface area contributed by atoms with Crippen molar-refractivity contribution in [3.63, 3.8) is 0 Å². The Balaban J connectivity index is 1.75. The average Bonchev–Trinajstić information content (AvgIpc) is 2.55. The first-order chi connectivity index (χ1) is 11.8.